The van der Waals surface area contributed by atoms with E-state index in [2.05, 4.69) is 20.2 Å². The number of carbonyl (C=O) groups is 2. The number of amides is 2. The summed E-state index contributed by atoms with van der Waals surface area (Å²) in [4.78, 5) is 37.6. The molecule has 2 aliphatic rings. The Morgan fingerprint density at radius 3 is 2.71 bits per heavy atom. The summed E-state index contributed by atoms with van der Waals surface area (Å²) in [5, 5.41) is 2.88. The van der Waals surface area contributed by atoms with E-state index in [0.717, 1.165) is 24.6 Å². The van der Waals surface area contributed by atoms with Crippen molar-refractivity contribution in [3.63, 3.8) is 0 Å². The first kappa shape index (κ1) is 21.1. The molecule has 3 heterocycles. The first-order chi connectivity index (χ1) is 15.1. The van der Waals surface area contributed by atoms with Crippen molar-refractivity contribution in [1.29, 1.82) is 0 Å². The van der Waals surface area contributed by atoms with Crippen LogP contribution in [0.25, 0.3) is 0 Å². The molecule has 2 fully saturated rings. The van der Waals surface area contributed by atoms with Crippen molar-refractivity contribution >= 4 is 23.3 Å². The van der Waals surface area contributed by atoms with Gasteiger partial charge in [-0.1, -0.05) is 18.2 Å². The lowest BCUT2D eigenvalue weighted by atomic mass is 10.1. The summed E-state index contributed by atoms with van der Waals surface area (Å²) in [6.07, 6.45) is 3.85. The van der Waals surface area contributed by atoms with Gasteiger partial charge in [-0.3, -0.25) is 9.59 Å². The maximum Gasteiger partial charge on any atom is 0.227 e. The second-order valence-corrected chi connectivity index (χ2v) is 8.04. The molecule has 1 aromatic heterocycles. The summed E-state index contributed by atoms with van der Waals surface area (Å²) >= 11 is 0. The Hall–Kier alpha value is -3.16. The number of ether oxygens (including phenoxy) is 1. The van der Waals surface area contributed by atoms with E-state index in [-0.39, 0.29) is 24.2 Å². The molecule has 164 valence electrons. The van der Waals surface area contributed by atoms with Crippen LogP contribution in [0.2, 0.25) is 0 Å². The highest BCUT2D eigenvalue weighted by Crippen LogP contribution is 2.25. The summed E-state index contributed by atoms with van der Waals surface area (Å²) in [6, 6.07) is 11.3. The Morgan fingerprint density at radius 1 is 1.16 bits per heavy atom. The number of anilines is 2. The van der Waals surface area contributed by atoms with Gasteiger partial charge in [0.25, 0.3) is 0 Å². The summed E-state index contributed by atoms with van der Waals surface area (Å²) in [6.45, 7) is 4.94. The maximum absolute atomic E-state index is 12.5. The largest absolute Gasteiger partial charge is 0.476 e. The van der Waals surface area contributed by atoms with Crippen LogP contribution >= 0.6 is 0 Å². The highest BCUT2D eigenvalue weighted by molar-refractivity contribution is 6.00. The first-order valence-corrected chi connectivity index (χ1v) is 11.0. The van der Waals surface area contributed by atoms with Gasteiger partial charge in [0.1, 0.15) is 18.2 Å². The molecule has 1 N–H and O–H groups in total. The molecule has 0 radical (unpaired) electrons. The van der Waals surface area contributed by atoms with E-state index < -0.39 is 0 Å². The monoisotopic (exact) mass is 423 g/mol. The van der Waals surface area contributed by atoms with Gasteiger partial charge in [0.2, 0.25) is 17.7 Å². The Balaban J connectivity index is 1.25. The molecule has 1 aromatic carbocycles. The number of hydrogen-bond donors (Lipinski definition) is 1. The van der Waals surface area contributed by atoms with Gasteiger partial charge in [-0.2, -0.15) is 4.98 Å². The molecule has 31 heavy (non-hydrogen) atoms. The van der Waals surface area contributed by atoms with E-state index >= 15 is 0 Å². The van der Waals surface area contributed by atoms with Crippen LogP contribution in [-0.4, -0.2) is 54.6 Å². The Morgan fingerprint density at radius 2 is 1.94 bits per heavy atom. The fourth-order valence-corrected chi connectivity index (χ4v) is 4.10. The molecule has 2 aliphatic heterocycles. The van der Waals surface area contributed by atoms with Crippen LogP contribution in [0, 0.1) is 12.8 Å². The van der Waals surface area contributed by atoms with Crippen LogP contribution in [0.1, 0.15) is 31.5 Å². The molecule has 2 amide bonds. The van der Waals surface area contributed by atoms with Gasteiger partial charge < -0.3 is 19.9 Å². The number of aryl methyl sites for hydroxylation is 1. The smallest absolute Gasteiger partial charge is 0.227 e. The number of hydrogen-bond acceptors (Lipinski definition) is 6. The Labute approximate surface area is 182 Å². The van der Waals surface area contributed by atoms with Gasteiger partial charge in [-0.05, 0) is 38.3 Å². The average Bonchev–Trinajstić information content (AvgIpc) is 3.19. The number of para-hydroxylation sites is 1. The van der Waals surface area contributed by atoms with Crippen molar-refractivity contribution in [3.8, 4) is 5.88 Å². The Kier molecular flexibility index (Phi) is 6.64. The molecule has 4 rings (SSSR count). The minimum absolute atomic E-state index is 0.0238. The molecule has 1 unspecified atom stereocenters. The summed E-state index contributed by atoms with van der Waals surface area (Å²) in [5.74, 6) is 1.60. The van der Waals surface area contributed by atoms with Crippen molar-refractivity contribution in [2.24, 2.45) is 5.92 Å². The highest BCUT2D eigenvalue weighted by atomic mass is 16.5. The van der Waals surface area contributed by atoms with Crippen molar-refractivity contribution in [2.45, 2.75) is 32.6 Å². The zero-order valence-corrected chi connectivity index (χ0v) is 17.9. The van der Waals surface area contributed by atoms with Gasteiger partial charge in [-0.25, -0.2) is 4.98 Å². The Bertz CT molecular complexity index is 915. The molecule has 8 heteroatoms. The summed E-state index contributed by atoms with van der Waals surface area (Å²) in [5.41, 5.74) is 0.828. The predicted molar refractivity (Wildman–Crippen MR) is 118 cm³/mol. The van der Waals surface area contributed by atoms with E-state index in [1.54, 1.807) is 4.90 Å². The standard InChI is InChI=1S/C23H29N5O3/c1-17-25-20(27-11-6-3-7-12-27)15-21(26-17)31-13-10-24-23(30)18-14-22(29)28(16-18)19-8-4-2-5-9-19/h2,4-5,8-9,15,18H,3,6-7,10-14,16H2,1H3,(H,24,30). The maximum atomic E-state index is 12.5. The molecule has 1 atom stereocenters. The van der Waals surface area contributed by atoms with Gasteiger partial charge in [0.15, 0.2) is 0 Å². The van der Waals surface area contributed by atoms with Gasteiger partial charge in [-0.15, -0.1) is 0 Å². The predicted octanol–water partition coefficient (Wildman–Crippen LogP) is 2.32. The zero-order valence-electron chi connectivity index (χ0n) is 17.9. The summed E-state index contributed by atoms with van der Waals surface area (Å²) < 4.78 is 5.77. The third kappa shape index (κ3) is 5.31. The summed E-state index contributed by atoms with van der Waals surface area (Å²) in [7, 11) is 0. The van der Waals surface area contributed by atoms with Crippen molar-refractivity contribution in [1.82, 2.24) is 15.3 Å². The highest BCUT2D eigenvalue weighted by Gasteiger charge is 2.34. The number of aromatic nitrogens is 2. The molecule has 2 saturated heterocycles. The normalized spacial score (nSPS) is 18.9. The molecule has 0 aliphatic carbocycles. The van der Waals surface area contributed by atoms with Crippen LogP contribution < -0.4 is 19.9 Å². The molecule has 8 nitrogen and oxygen atoms in total. The lowest BCUT2D eigenvalue weighted by Gasteiger charge is -2.28. The van der Waals surface area contributed by atoms with E-state index in [4.69, 9.17) is 4.74 Å². The van der Waals surface area contributed by atoms with Crippen LogP contribution in [-0.2, 0) is 9.59 Å². The molecule has 2 aromatic rings. The van der Waals surface area contributed by atoms with E-state index in [9.17, 15) is 9.59 Å². The number of nitrogens with one attached hydrogen (secondary N) is 1. The number of benzene rings is 1. The third-order valence-corrected chi connectivity index (χ3v) is 5.70. The van der Waals surface area contributed by atoms with Crippen molar-refractivity contribution < 1.29 is 14.3 Å². The SMILES string of the molecule is Cc1nc(OCCNC(=O)C2CC(=O)N(c3ccccc3)C2)cc(N2CCCCC2)n1. The molecular formula is C23H29N5O3. The number of rotatable bonds is 7. The van der Waals surface area contributed by atoms with Gasteiger partial charge >= 0.3 is 0 Å². The van der Waals surface area contributed by atoms with Crippen LogP contribution in [0.5, 0.6) is 5.88 Å². The third-order valence-electron chi connectivity index (χ3n) is 5.70. The topological polar surface area (TPSA) is 87.7 Å². The second kappa shape index (κ2) is 9.76. The van der Waals surface area contributed by atoms with E-state index in [1.165, 1.54) is 19.3 Å². The minimum atomic E-state index is -0.347. The van der Waals surface area contributed by atoms with E-state index in [1.807, 2.05) is 43.3 Å². The lowest BCUT2D eigenvalue weighted by molar-refractivity contribution is -0.126. The van der Waals surface area contributed by atoms with Crippen LogP contribution in [0.15, 0.2) is 36.4 Å². The van der Waals surface area contributed by atoms with Crippen LogP contribution in [0.4, 0.5) is 11.5 Å². The van der Waals surface area contributed by atoms with Crippen molar-refractivity contribution in [2.75, 3.05) is 42.6 Å². The molecular weight excluding hydrogens is 394 g/mol. The van der Waals surface area contributed by atoms with Crippen molar-refractivity contribution in [3.05, 3.63) is 42.2 Å². The molecule has 0 bridgehead atoms. The lowest BCUT2D eigenvalue weighted by Crippen LogP contribution is -2.35. The van der Waals surface area contributed by atoms with Gasteiger partial charge in [0.05, 0.1) is 12.5 Å². The number of carbonyl (C=O) groups excluding carboxylic acids is 2. The zero-order chi connectivity index (χ0) is 21.6. The molecule has 0 saturated carbocycles. The van der Waals surface area contributed by atoms with E-state index in [0.29, 0.717) is 31.4 Å². The fraction of sp³-hybridized carbons (Fsp3) is 0.478. The quantitative estimate of drug-likeness (QED) is 0.688. The number of nitrogens with zero attached hydrogens (tertiary/aromatic N) is 4. The van der Waals surface area contributed by atoms with Crippen LogP contribution in [0.3, 0.4) is 0 Å². The second-order valence-electron chi connectivity index (χ2n) is 8.04. The first-order valence-electron chi connectivity index (χ1n) is 11.0. The number of piperidine rings is 1. The molecule has 0 spiro atoms. The fourth-order valence-electron chi connectivity index (χ4n) is 4.10. The van der Waals surface area contributed by atoms with Gasteiger partial charge in [0, 0.05) is 37.8 Å². The average molecular weight is 424 g/mol. The minimum Gasteiger partial charge on any atom is -0.476 e.